The second kappa shape index (κ2) is 2.88. The van der Waals surface area contributed by atoms with Gasteiger partial charge in [0, 0.05) is 23.5 Å². The highest BCUT2D eigenvalue weighted by atomic mass is 15.1. The van der Waals surface area contributed by atoms with Gasteiger partial charge in [-0.05, 0) is 18.2 Å². The third-order valence-corrected chi connectivity index (χ3v) is 2.53. The average molecular weight is 198 g/mol. The van der Waals surface area contributed by atoms with E-state index in [9.17, 15) is 0 Å². The van der Waals surface area contributed by atoms with Crippen LogP contribution in [0.3, 0.4) is 0 Å². The van der Waals surface area contributed by atoms with Gasteiger partial charge in [-0.3, -0.25) is 5.10 Å². The highest BCUT2D eigenvalue weighted by Gasteiger charge is 2.04. The fraction of sp³-hybridized carbons (Fsp3) is 0. The summed E-state index contributed by atoms with van der Waals surface area (Å²) >= 11 is 0. The third kappa shape index (κ3) is 1.11. The number of nitrogens with zero attached hydrogens (tertiary/aromatic N) is 2. The van der Waals surface area contributed by atoms with Crippen LogP contribution in [0.15, 0.2) is 42.9 Å². The van der Waals surface area contributed by atoms with E-state index >= 15 is 0 Å². The normalized spacial score (nSPS) is 10.9. The summed E-state index contributed by atoms with van der Waals surface area (Å²) in [4.78, 5) is 0. The van der Waals surface area contributed by atoms with Gasteiger partial charge in [0.1, 0.15) is 0 Å². The zero-order valence-corrected chi connectivity index (χ0v) is 8.01. The van der Waals surface area contributed by atoms with E-state index in [4.69, 9.17) is 5.73 Å². The maximum atomic E-state index is 5.89. The smallest absolute Gasteiger partial charge is 0.0835 e. The molecule has 4 nitrogen and oxygen atoms in total. The molecule has 0 atom stereocenters. The van der Waals surface area contributed by atoms with Crippen molar-refractivity contribution in [2.24, 2.45) is 0 Å². The van der Waals surface area contributed by atoms with Crippen LogP contribution in [0.5, 0.6) is 0 Å². The molecule has 0 aliphatic carbocycles. The first-order valence-electron chi connectivity index (χ1n) is 4.71. The fourth-order valence-electron chi connectivity index (χ4n) is 1.79. The molecule has 0 spiro atoms. The van der Waals surface area contributed by atoms with E-state index in [2.05, 4.69) is 14.8 Å². The summed E-state index contributed by atoms with van der Waals surface area (Å²) in [5.41, 5.74) is 8.79. The molecule has 15 heavy (non-hydrogen) atoms. The van der Waals surface area contributed by atoms with Gasteiger partial charge in [-0.2, -0.15) is 5.10 Å². The third-order valence-electron chi connectivity index (χ3n) is 2.53. The molecule has 0 unspecified atom stereocenters. The number of nitrogens with one attached hydrogen (secondary N) is 1. The number of fused-ring (bicyclic) bond motifs is 1. The lowest BCUT2D eigenvalue weighted by molar-refractivity contribution is 1.09. The number of hydrogen-bond acceptors (Lipinski definition) is 2. The van der Waals surface area contributed by atoms with Gasteiger partial charge >= 0.3 is 0 Å². The van der Waals surface area contributed by atoms with Gasteiger partial charge in [-0.25, -0.2) is 0 Å². The molecular weight excluding hydrogens is 188 g/mol. The van der Waals surface area contributed by atoms with Crippen LogP contribution in [0, 0.1) is 0 Å². The zero-order chi connectivity index (χ0) is 10.3. The quantitative estimate of drug-likeness (QED) is 0.587. The van der Waals surface area contributed by atoms with Crippen molar-refractivity contribution >= 4 is 16.6 Å². The summed E-state index contributed by atoms with van der Waals surface area (Å²) in [5, 5.41) is 7.79. The number of hydrogen-bond donors (Lipinski definition) is 2. The second-order valence-corrected chi connectivity index (χ2v) is 3.42. The number of nitrogens with two attached hydrogens (primary N) is 1. The molecule has 0 radical (unpaired) electrons. The SMILES string of the molecule is Nc1cccc2c1ccn2-c1cn[nH]c1. The van der Waals surface area contributed by atoms with Gasteiger partial charge in [-0.15, -0.1) is 0 Å². The molecule has 3 N–H and O–H groups in total. The number of rotatable bonds is 1. The fourth-order valence-corrected chi connectivity index (χ4v) is 1.79. The van der Waals surface area contributed by atoms with Crippen LogP contribution in [0.4, 0.5) is 5.69 Å². The van der Waals surface area contributed by atoms with Crippen LogP contribution in [-0.2, 0) is 0 Å². The van der Waals surface area contributed by atoms with Crippen LogP contribution in [0.2, 0.25) is 0 Å². The molecule has 0 aliphatic rings. The maximum Gasteiger partial charge on any atom is 0.0835 e. The zero-order valence-electron chi connectivity index (χ0n) is 8.01. The summed E-state index contributed by atoms with van der Waals surface area (Å²) < 4.78 is 2.05. The van der Waals surface area contributed by atoms with Gasteiger partial charge in [0.25, 0.3) is 0 Å². The molecule has 0 amide bonds. The Labute approximate surface area is 86.3 Å². The van der Waals surface area contributed by atoms with Gasteiger partial charge in [0.2, 0.25) is 0 Å². The Morgan fingerprint density at radius 1 is 1.27 bits per heavy atom. The highest BCUT2D eigenvalue weighted by molar-refractivity contribution is 5.92. The molecule has 4 heteroatoms. The number of anilines is 1. The first kappa shape index (κ1) is 8.11. The van der Waals surface area contributed by atoms with Crippen LogP contribution in [0.25, 0.3) is 16.6 Å². The number of nitrogen functional groups attached to an aromatic ring is 1. The predicted molar refractivity (Wildman–Crippen MR) is 59.8 cm³/mol. The lowest BCUT2D eigenvalue weighted by Crippen LogP contribution is -1.90. The first-order valence-corrected chi connectivity index (χ1v) is 4.71. The molecule has 0 saturated heterocycles. The Kier molecular flexibility index (Phi) is 1.56. The topological polar surface area (TPSA) is 59.6 Å². The molecule has 1 aromatic carbocycles. The van der Waals surface area contributed by atoms with Crippen molar-refractivity contribution in [2.75, 3.05) is 5.73 Å². The standard InChI is InChI=1S/C11H10N4/c12-10-2-1-3-11-9(10)4-5-15(11)8-6-13-14-7-8/h1-7H,12H2,(H,13,14). The van der Waals surface area contributed by atoms with Crippen molar-refractivity contribution < 1.29 is 0 Å². The number of aromatic amines is 1. The van der Waals surface area contributed by atoms with Crippen molar-refractivity contribution in [3.8, 4) is 5.69 Å². The van der Waals surface area contributed by atoms with Crippen molar-refractivity contribution in [1.82, 2.24) is 14.8 Å². The molecule has 74 valence electrons. The molecular formula is C11H10N4. The van der Waals surface area contributed by atoms with Gasteiger partial charge in [0.05, 0.1) is 17.4 Å². The first-order chi connectivity index (χ1) is 7.36. The van der Waals surface area contributed by atoms with E-state index in [1.807, 2.05) is 36.7 Å². The summed E-state index contributed by atoms with van der Waals surface area (Å²) in [7, 11) is 0. The van der Waals surface area contributed by atoms with Gasteiger partial charge in [-0.1, -0.05) is 6.07 Å². The van der Waals surface area contributed by atoms with E-state index in [1.165, 1.54) is 0 Å². The largest absolute Gasteiger partial charge is 0.398 e. The maximum absolute atomic E-state index is 5.89. The van der Waals surface area contributed by atoms with E-state index in [-0.39, 0.29) is 0 Å². The van der Waals surface area contributed by atoms with Crippen molar-refractivity contribution in [3.63, 3.8) is 0 Å². The summed E-state index contributed by atoms with van der Waals surface area (Å²) in [6, 6.07) is 7.91. The number of H-pyrrole nitrogens is 1. The van der Waals surface area contributed by atoms with E-state index in [1.54, 1.807) is 6.20 Å². The van der Waals surface area contributed by atoms with E-state index in [0.29, 0.717) is 0 Å². The van der Waals surface area contributed by atoms with Gasteiger partial charge in [0.15, 0.2) is 0 Å². The number of aromatic nitrogens is 3. The van der Waals surface area contributed by atoms with Crippen LogP contribution in [-0.4, -0.2) is 14.8 Å². The molecule has 0 bridgehead atoms. The molecule has 0 saturated carbocycles. The van der Waals surface area contributed by atoms with Crippen molar-refractivity contribution in [2.45, 2.75) is 0 Å². The molecule has 3 aromatic rings. The minimum Gasteiger partial charge on any atom is -0.398 e. The Morgan fingerprint density at radius 3 is 3.00 bits per heavy atom. The summed E-state index contributed by atoms with van der Waals surface area (Å²) in [6.07, 6.45) is 5.62. The van der Waals surface area contributed by atoms with Crippen molar-refractivity contribution in [3.05, 3.63) is 42.9 Å². The molecule has 0 fully saturated rings. The Hall–Kier alpha value is -2.23. The van der Waals surface area contributed by atoms with Crippen molar-refractivity contribution in [1.29, 1.82) is 0 Å². The monoisotopic (exact) mass is 198 g/mol. The van der Waals surface area contributed by atoms with Crippen LogP contribution < -0.4 is 5.73 Å². The highest BCUT2D eigenvalue weighted by Crippen LogP contribution is 2.24. The summed E-state index contributed by atoms with van der Waals surface area (Å²) in [5.74, 6) is 0. The van der Waals surface area contributed by atoms with Crippen LogP contribution >= 0.6 is 0 Å². The lowest BCUT2D eigenvalue weighted by Gasteiger charge is -2.01. The Balaban J connectivity index is 2.34. The molecule has 3 rings (SSSR count). The van der Waals surface area contributed by atoms with Crippen LogP contribution in [0.1, 0.15) is 0 Å². The Morgan fingerprint density at radius 2 is 2.20 bits per heavy atom. The second-order valence-electron chi connectivity index (χ2n) is 3.42. The predicted octanol–water partition coefficient (Wildman–Crippen LogP) is 1.94. The Bertz CT molecular complexity index is 592. The molecule has 0 aliphatic heterocycles. The van der Waals surface area contributed by atoms with E-state index < -0.39 is 0 Å². The van der Waals surface area contributed by atoms with Gasteiger partial charge < -0.3 is 10.3 Å². The number of benzene rings is 1. The van der Waals surface area contributed by atoms with E-state index in [0.717, 1.165) is 22.3 Å². The molecule has 2 aromatic heterocycles. The summed E-state index contributed by atoms with van der Waals surface area (Å²) in [6.45, 7) is 0. The minimum absolute atomic E-state index is 0.801. The lowest BCUT2D eigenvalue weighted by atomic mass is 10.2. The average Bonchev–Trinajstić information content (AvgIpc) is 2.85. The molecule has 2 heterocycles. The minimum atomic E-state index is 0.801.